The van der Waals surface area contributed by atoms with E-state index in [2.05, 4.69) is 20.9 Å². The van der Waals surface area contributed by atoms with Gasteiger partial charge in [-0.25, -0.2) is 4.98 Å². The molecule has 1 aromatic heterocycles. The Morgan fingerprint density at radius 2 is 2.43 bits per heavy atom. The van der Waals surface area contributed by atoms with Crippen molar-refractivity contribution < 1.29 is 4.79 Å². The fourth-order valence-electron chi connectivity index (χ4n) is 0.857. The van der Waals surface area contributed by atoms with Gasteiger partial charge in [0.05, 0.1) is 0 Å². The summed E-state index contributed by atoms with van der Waals surface area (Å²) in [5.41, 5.74) is 5.85. The van der Waals surface area contributed by atoms with E-state index in [-0.39, 0.29) is 12.3 Å². The molecule has 0 aliphatic rings. The van der Waals surface area contributed by atoms with Crippen LogP contribution in [-0.2, 0) is 4.79 Å². The van der Waals surface area contributed by atoms with Gasteiger partial charge >= 0.3 is 0 Å². The third-order valence-corrected chi connectivity index (χ3v) is 2.34. The first-order chi connectivity index (χ1) is 6.59. The van der Waals surface area contributed by atoms with Crippen LogP contribution < -0.4 is 5.73 Å². The lowest BCUT2D eigenvalue weighted by Crippen LogP contribution is -2.07. The number of hydrogen-bond acceptors (Lipinski definition) is 2. The molecular formula is C9H8BrClN2O. The van der Waals surface area contributed by atoms with Gasteiger partial charge in [-0.1, -0.05) is 23.8 Å². The third-order valence-electron chi connectivity index (χ3n) is 1.47. The highest BCUT2D eigenvalue weighted by molar-refractivity contribution is 9.10. The number of aromatic nitrogens is 1. The molecule has 0 radical (unpaired) electrons. The van der Waals surface area contributed by atoms with Crippen LogP contribution in [-0.4, -0.2) is 10.9 Å². The molecule has 0 spiro atoms. The highest BCUT2D eigenvalue weighted by Crippen LogP contribution is 2.20. The number of pyridine rings is 1. The van der Waals surface area contributed by atoms with Crippen LogP contribution >= 0.6 is 27.5 Å². The van der Waals surface area contributed by atoms with E-state index in [0.717, 1.165) is 10.0 Å². The second-order valence-electron chi connectivity index (χ2n) is 2.60. The molecule has 0 saturated heterocycles. The minimum absolute atomic E-state index is 0.215. The Morgan fingerprint density at radius 1 is 1.71 bits per heavy atom. The smallest absolute Gasteiger partial charge is 0.221 e. The van der Waals surface area contributed by atoms with Gasteiger partial charge < -0.3 is 5.73 Å². The molecule has 0 aliphatic carbocycles. The summed E-state index contributed by atoms with van der Waals surface area (Å²) in [5.74, 6) is -0.363. The summed E-state index contributed by atoms with van der Waals surface area (Å²) in [7, 11) is 0. The van der Waals surface area contributed by atoms with Crippen LogP contribution in [0.5, 0.6) is 0 Å². The normalized spacial score (nSPS) is 10.7. The SMILES string of the molecule is NC(=O)CC=Cc1cc(Cl)ncc1Br. The Bertz CT molecular complexity index is 379. The molecule has 0 aliphatic heterocycles. The maximum absolute atomic E-state index is 10.5. The number of hydrogen-bond donors (Lipinski definition) is 1. The zero-order valence-electron chi connectivity index (χ0n) is 7.21. The quantitative estimate of drug-likeness (QED) is 0.861. The Labute approximate surface area is 95.1 Å². The number of rotatable bonds is 3. The van der Waals surface area contributed by atoms with Crippen molar-refractivity contribution in [3.05, 3.63) is 33.5 Å². The zero-order valence-corrected chi connectivity index (χ0v) is 9.55. The van der Waals surface area contributed by atoms with Gasteiger partial charge in [0, 0.05) is 17.1 Å². The van der Waals surface area contributed by atoms with Gasteiger partial charge in [-0.15, -0.1) is 0 Å². The van der Waals surface area contributed by atoms with Crippen LogP contribution in [0, 0.1) is 0 Å². The van der Waals surface area contributed by atoms with Gasteiger partial charge in [0.1, 0.15) is 5.15 Å². The lowest BCUT2D eigenvalue weighted by Gasteiger charge is -1.97. The topological polar surface area (TPSA) is 56.0 Å². The van der Waals surface area contributed by atoms with Gasteiger partial charge in [-0.05, 0) is 27.6 Å². The molecular weight excluding hydrogens is 267 g/mol. The Morgan fingerprint density at radius 3 is 3.07 bits per heavy atom. The fourth-order valence-corrected chi connectivity index (χ4v) is 1.37. The van der Waals surface area contributed by atoms with Crippen LogP contribution in [0.3, 0.4) is 0 Å². The van der Waals surface area contributed by atoms with Gasteiger partial charge in [0.15, 0.2) is 0 Å². The minimum atomic E-state index is -0.363. The van der Waals surface area contributed by atoms with Crippen molar-refractivity contribution in [3.8, 4) is 0 Å². The van der Waals surface area contributed by atoms with Crippen molar-refractivity contribution in [1.29, 1.82) is 0 Å². The summed E-state index contributed by atoms with van der Waals surface area (Å²) in [5, 5.41) is 0.409. The molecule has 0 saturated carbocycles. The van der Waals surface area contributed by atoms with E-state index < -0.39 is 0 Å². The van der Waals surface area contributed by atoms with Gasteiger partial charge in [-0.2, -0.15) is 0 Å². The van der Waals surface area contributed by atoms with Crippen molar-refractivity contribution in [3.63, 3.8) is 0 Å². The van der Waals surface area contributed by atoms with Crippen LogP contribution in [0.1, 0.15) is 12.0 Å². The van der Waals surface area contributed by atoms with E-state index in [4.69, 9.17) is 17.3 Å². The fraction of sp³-hybridized carbons (Fsp3) is 0.111. The first-order valence-electron chi connectivity index (χ1n) is 3.85. The maximum atomic E-state index is 10.5. The highest BCUT2D eigenvalue weighted by atomic mass is 79.9. The molecule has 5 heteroatoms. The second-order valence-corrected chi connectivity index (χ2v) is 3.84. The molecule has 1 amide bonds. The molecule has 3 nitrogen and oxygen atoms in total. The number of carbonyl (C=O) groups is 1. The van der Waals surface area contributed by atoms with E-state index in [1.165, 1.54) is 0 Å². The molecule has 1 aromatic rings. The predicted octanol–water partition coefficient (Wildman–Crippen LogP) is 2.39. The van der Waals surface area contributed by atoms with Crippen LogP contribution in [0.25, 0.3) is 6.08 Å². The second kappa shape index (κ2) is 5.12. The lowest BCUT2D eigenvalue weighted by molar-refractivity contribution is -0.117. The van der Waals surface area contributed by atoms with Crippen LogP contribution in [0.4, 0.5) is 0 Å². The lowest BCUT2D eigenvalue weighted by atomic mass is 10.2. The van der Waals surface area contributed by atoms with Crippen molar-refractivity contribution in [2.45, 2.75) is 6.42 Å². The monoisotopic (exact) mass is 274 g/mol. The number of amides is 1. The number of carbonyl (C=O) groups excluding carboxylic acids is 1. The molecule has 0 unspecified atom stereocenters. The third kappa shape index (κ3) is 3.47. The molecule has 0 fully saturated rings. The number of halogens is 2. The molecule has 2 N–H and O–H groups in total. The molecule has 0 atom stereocenters. The summed E-state index contributed by atoms with van der Waals surface area (Å²) < 4.78 is 0.822. The molecule has 0 bridgehead atoms. The van der Waals surface area contributed by atoms with E-state index in [9.17, 15) is 4.79 Å². The summed E-state index contributed by atoms with van der Waals surface area (Å²) in [4.78, 5) is 14.3. The van der Waals surface area contributed by atoms with Gasteiger partial charge in [0.25, 0.3) is 0 Å². The van der Waals surface area contributed by atoms with Crippen molar-refractivity contribution in [1.82, 2.24) is 4.98 Å². The van der Waals surface area contributed by atoms with Crippen molar-refractivity contribution in [2.75, 3.05) is 0 Å². The van der Waals surface area contributed by atoms with Crippen LogP contribution in [0.2, 0.25) is 5.15 Å². The van der Waals surface area contributed by atoms with Crippen molar-refractivity contribution >= 4 is 39.5 Å². The van der Waals surface area contributed by atoms with E-state index >= 15 is 0 Å². The van der Waals surface area contributed by atoms with Crippen LogP contribution in [0.15, 0.2) is 22.8 Å². The summed E-state index contributed by atoms with van der Waals surface area (Å²) in [6.45, 7) is 0. The predicted molar refractivity (Wildman–Crippen MR) is 59.8 cm³/mol. The van der Waals surface area contributed by atoms with Gasteiger partial charge in [-0.3, -0.25) is 4.79 Å². The average molecular weight is 276 g/mol. The van der Waals surface area contributed by atoms with Crippen molar-refractivity contribution in [2.24, 2.45) is 5.73 Å². The highest BCUT2D eigenvalue weighted by Gasteiger charge is 1.97. The Balaban J connectivity index is 2.80. The average Bonchev–Trinajstić information content (AvgIpc) is 2.10. The summed E-state index contributed by atoms with van der Waals surface area (Å²) in [6, 6.07) is 1.70. The number of primary amides is 1. The Hall–Kier alpha value is -0.870. The Kier molecular flexibility index (Phi) is 4.10. The minimum Gasteiger partial charge on any atom is -0.369 e. The zero-order chi connectivity index (χ0) is 10.6. The molecule has 0 aromatic carbocycles. The summed E-state index contributed by atoms with van der Waals surface area (Å²) in [6.07, 6.45) is 5.26. The number of nitrogens with two attached hydrogens (primary N) is 1. The van der Waals surface area contributed by atoms with E-state index in [1.807, 2.05) is 0 Å². The molecule has 1 rings (SSSR count). The standard InChI is InChI=1S/C9H8BrClN2O/c10-7-5-13-8(11)4-6(7)2-1-3-9(12)14/h1-2,4-5H,3H2,(H2,12,14). The maximum Gasteiger partial charge on any atom is 0.221 e. The first-order valence-corrected chi connectivity index (χ1v) is 5.02. The summed E-state index contributed by atoms with van der Waals surface area (Å²) >= 11 is 9.01. The van der Waals surface area contributed by atoms with E-state index in [0.29, 0.717) is 5.15 Å². The molecule has 1 heterocycles. The first kappa shape index (κ1) is 11.2. The number of nitrogens with zero attached hydrogens (tertiary/aromatic N) is 1. The van der Waals surface area contributed by atoms with E-state index in [1.54, 1.807) is 24.4 Å². The molecule has 74 valence electrons. The van der Waals surface area contributed by atoms with Gasteiger partial charge in [0.2, 0.25) is 5.91 Å². The molecule has 14 heavy (non-hydrogen) atoms. The largest absolute Gasteiger partial charge is 0.369 e.